The molecule has 1 aliphatic rings. The van der Waals surface area contributed by atoms with E-state index in [-0.39, 0.29) is 12.3 Å². The zero-order valence-electron chi connectivity index (χ0n) is 18.3. The third-order valence-electron chi connectivity index (χ3n) is 5.78. The second-order valence-electron chi connectivity index (χ2n) is 9.08. The van der Waals surface area contributed by atoms with Crippen molar-refractivity contribution in [2.45, 2.75) is 47.7 Å². The largest absolute Gasteiger partial charge is 0.332 e. The normalized spacial score (nSPS) is 13.9. The Morgan fingerprint density at radius 2 is 1.83 bits per heavy atom. The number of carbonyl (C=O) groups excluding carboxylic acids is 1. The van der Waals surface area contributed by atoms with Gasteiger partial charge in [0, 0.05) is 31.2 Å². The van der Waals surface area contributed by atoms with Gasteiger partial charge in [-0.3, -0.25) is 18.7 Å². The molecule has 0 bridgehead atoms. The van der Waals surface area contributed by atoms with Crippen LogP contribution in [0.15, 0.2) is 27.8 Å². The molecule has 8 nitrogen and oxygen atoms in total. The summed E-state index contributed by atoms with van der Waals surface area (Å²) in [5, 5.41) is 0. The minimum atomic E-state index is -0.640. The number of hydrogen-bond acceptors (Lipinski definition) is 5. The second-order valence-corrected chi connectivity index (χ2v) is 9.08. The van der Waals surface area contributed by atoms with Gasteiger partial charge in [-0.05, 0) is 25.5 Å². The molecular formula is C22H27N5O3. The lowest BCUT2D eigenvalue weighted by molar-refractivity contribution is -0.127. The Hall–Kier alpha value is -3.16. The molecule has 0 unspecified atom stereocenters. The number of imidazole rings is 1. The second kappa shape index (κ2) is 6.68. The maximum Gasteiger partial charge on any atom is 0.332 e. The highest BCUT2D eigenvalue weighted by molar-refractivity contribution is 5.84. The van der Waals surface area contributed by atoms with Crippen molar-refractivity contribution in [1.82, 2.24) is 18.7 Å². The summed E-state index contributed by atoms with van der Waals surface area (Å²) in [6, 6.07) is 6.22. The lowest BCUT2D eigenvalue weighted by atomic mass is 9.91. The van der Waals surface area contributed by atoms with Crippen molar-refractivity contribution in [2.75, 3.05) is 11.4 Å². The first kappa shape index (κ1) is 20.1. The van der Waals surface area contributed by atoms with Gasteiger partial charge in [0.05, 0.1) is 6.54 Å². The molecule has 0 atom stereocenters. The summed E-state index contributed by atoms with van der Waals surface area (Å²) in [5.41, 5.74) is 2.40. The van der Waals surface area contributed by atoms with Crippen molar-refractivity contribution in [3.63, 3.8) is 0 Å². The number of rotatable bonds is 3. The standard InChI is InChI=1S/C22H27N5O3/c1-13-7-8-15(14(2)11-13)25-9-10-26-17-18(23-20(25)26)24(6)21(30)27(19(17)29)12-16(28)22(3,4)5/h7-8,11H,9-10,12H2,1-6H3. The minimum Gasteiger partial charge on any atom is -0.310 e. The predicted molar refractivity (Wildman–Crippen MR) is 117 cm³/mol. The van der Waals surface area contributed by atoms with Crippen LogP contribution in [0, 0.1) is 19.3 Å². The van der Waals surface area contributed by atoms with Crippen LogP contribution in [0.2, 0.25) is 0 Å². The molecule has 2 aromatic heterocycles. The fourth-order valence-electron chi connectivity index (χ4n) is 3.93. The maximum absolute atomic E-state index is 13.3. The molecule has 3 heterocycles. The van der Waals surface area contributed by atoms with E-state index >= 15 is 0 Å². The summed E-state index contributed by atoms with van der Waals surface area (Å²) in [7, 11) is 1.59. The highest BCUT2D eigenvalue weighted by Crippen LogP contribution is 2.33. The van der Waals surface area contributed by atoms with Crippen LogP contribution in [0.1, 0.15) is 31.9 Å². The molecule has 0 spiro atoms. The van der Waals surface area contributed by atoms with Gasteiger partial charge in [-0.1, -0.05) is 38.5 Å². The van der Waals surface area contributed by atoms with Gasteiger partial charge in [-0.2, -0.15) is 4.98 Å². The molecule has 30 heavy (non-hydrogen) atoms. The summed E-state index contributed by atoms with van der Waals surface area (Å²) in [4.78, 5) is 45.4. The molecule has 0 saturated carbocycles. The summed E-state index contributed by atoms with van der Waals surface area (Å²) < 4.78 is 4.25. The molecule has 0 aliphatic carbocycles. The lowest BCUT2D eigenvalue weighted by Gasteiger charge is -2.19. The molecule has 0 N–H and O–H groups in total. The number of hydrogen-bond donors (Lipinski definition) is 0. The average Bonchev–Trinajstić information content (AvgIpc) is 3.22. The highest BCUT2D eigenvalue weighted by Gasteiger charge is 2.30. The van der Waals surface area contributed by atoms with E-state index in [1.54, 1.807) is 27.8 Å². The van der Waals surface area contributed by atoms with E-state index in [0.29, 0.717) is 30.2 Å². The first-order valence-corrected chi connectivity index (χ1v) is 10.1. The van der Waals surface area contributed by atoms with Crippen molar-refractivity contribution in [3.8, 4) is 0 Å². The number of carbonyl (C=O) groups is 1. The van der Waals surface area contributed by atoms with Crippen molar-refractivity contribution in [3.05, 3.63) is 50.2 Å². The van der Waals surface area contributed by atoms with Crippen LogP contribution >= 0.6 is 0 Å². The summed E-state index contributed by atoms with van der Waals surface area (Å²) in [6.07, 6.45) is 0. The van der Waals surface area contributed by atoms with Crippen molar-refractivity contribution in [2.24, 2.45) is 12.5 Å². The van der Waals surface area contributed by atoms with Crippen LogP contribution in [-0.2, 0) is 24.9 Å². The number of nitrogens with zero attached hydrogens (tertiary/aromatic N) is 5. The van der Waals surface area contributed by atoms with Crippen molar-refractivity contribution >= 4 is 28.6 Å². The Labute approximate surface area is 174 Å². The zero-order chi connectivity index (χ0) is 22.0. The van der Waals surface area contributed by atoms with E-state index in [9.17, 15) is 14.4 Å². The molecule has 4 rings (SSSR count). The van der Waals surface area contributed by atoms with Crippen molar-refractivity contribution < 1.29 is 4.79 Å². The number of ketones is 1. The van der Waals surface area contributed by atoms with Gasteiger partial charge in [-0.15, -0.1) is 0 Å². The Kier molecular flexibility index (Phi) is 4.48. The van der Waals surface area contributed by atoms with Crippen molar-refractivity contribution in [1.29, 1.82) is 0 Å². The summed E-state index contributed by atoms with van der Waals surface area (Å²) >= 11 is 0. The first-order valence-electron chi connectivity index (χ1n) is 10.1. The molecular weight excluding hydrogens is 382 g/mol. The SMILES string of the molecule is Cc1ccc(N2CCn3c2nc2c3c(=O)n(CC(=O)C(C)(C)C)c(=O)n2C)c(C)c1. The summed E-state index contributed by atoms with van der Waals surface area (Å²) in [6.45, 7) is 10.5. The molecule has 0 fully saturated rings. The molecule has 0 radical (unpaired) electrons. The van der Waals surface area contributed by atoms with Gasteiger partial charge >= 0.3 is 5.69 Å². The fourth-order valence-corrected chi connectivity index (χ4v) is 3.93. The lowest BCUT2D eigenvalue weighted by Crippen LogP contribution is -2.43. The van der Waals surface area contributed by atoms with Crippen LogP contribution in [0.4, 0.5) is 11.6 Å². The third kappa shape index (κ3) is 2.98. The summed E-state index contributed by atoms with van der Waals surface area (Å²) in [5.74, 6) is 0.475. The van der Waals surface area contributed by atoms with Gasteiger partial charge in [0.15, 0.2) is 16.9 Å². The third-order valence-corrected chi connectivity index (χ3v) is 5.78. The van der Waals surface area contributed by atoms with E-state index in [0.717, 1.165) is 15.8 Å². The van der Waals surface area contributed by atoms with Gasteiger partial charge in [0.25, 0.3) is 5.56 Å². The molecule has 158 valence electrons. The van der Waals surface area contributed by atoms with E-state index in [4.69, 9.17) is 0 Å². The molecule has 0 saturated heterocycles. The number of benzene rings is 1. The predicted octanol–water partition coefficient (Wildman–Crippen LogP) is 2.28. The number of aromatic nitrogens is 4. The van der Waals surface area contributed by atoms with Crippen LogP contribution in [-0.4, -0.2) is 31.0 Å². The first-order chi connectivity index (χ1) is 14.0. The fraction of sp³-hybridized carbons (Fsp3) is 0.455. The zero-order valence-corrected chi connectivity index (χ0v) is 18.3. The van der Waals surface area contributed by atoms with E-state index in [1.165, 1.54) is 10.1 Å². The number of aryl methyl sites for hydroxylation is 3. The van der Waals surface area contributed by atoms with Gasteiger partial charge in [-0.25, -0.2) is 4.79 Å². The Balaban J connectivity index is 1.90. The maximum atomic E-state index is 13.3. The Morgan fingerprint density at radius 3 is 2.47 bits per heavy atom. The van der Waals surface area contributed by atoms with E-state index in [2.05, 4.69) is 35.0 Å². The van der Waals surface area contributed by atoms with Gasteiger partial charge < -0.3 is 9.47 Å². The number of Topliss-reactive ketones (excluding diaryl/α,β-unsaturated/α-hetero) is 1. The molecule has 1 aliphatic heterocycles. The van der Waals surface area contributed by atoms with E-state index < -0.39 is 16.7 Å². The number of anilines is 2. The molecule has 3 aromatic rings. The molecule has 1 aromatic carbocycles. The minimum absolute atomic E-state index is 0.167. The topological polar surface area (TPSA) is 82.1 Å². The number of fused-ring (bicyclic) bond motifs is 3. The quantitative estimate of drug-likeness (QED) is 0.663. The Morgan fingerprint density at radius 1 is 1.13 bits per heavy atom. The van der Waals surface area contributed by atoms with Crippen LogP contribution in [0.3, 0.4) is 0 Å². The Bertz CT molecular complexity index is 1300. The monoisotopic (exact) mass is 409 g/mol. The van der Waals surface area contributed by atoms with Crippen LogP contribution in [0.25, 0.3) is 11.2 Å². The van der Waals surface area contributed by atoms with Crippen LogP contribution < -0.4 is 16.1 Å². The van der Waals surface area contributed by atoms with Gasteiger partial charge in [0.1, 0.15) is 0 Å². The highest BCUT2D eigenvalue weighted by atomic mass is 16.2. The average molecular weight is 409 g/mol. The molecule has 8 heteroatoms. The van der Waals surface area contributed by atoms with E-state index in [1.807, 2.05) is 11.5 Å². The van der Waals surface area contributed by atoms with Crippen LogP contribution in [0.5, 0.6) is 0 Å². The smallest absolute Gasteiger partial charge is 0.310 e. The molecule has 0 amide bonds. The van der Waals surface area contributed by atoms with Gasteiger partial charge in [0.2, 0.25) is 5.95 Å².